The fourth-order valence-electron chi connectivity index (χ4n) is 11.2. The van der Waals surface area contributed by atoms with Gasteiger partial charge < -0.3 is 4.74 Å². The quantitative estimate of drug-likeness (QED) is 0.0372. The summed E-state index contributed by atoms with van der Waals surface area (Å²) in [5, 5.41) is 10.3. The third-order valence-electron chi connectivity index (χ3n) is 14.1. The second kappa shape index (κ2) is 20.4. The van der Waals surface area contributed by atoms with Gasteiger partial charge in [0.2, 0.25) is 6.54 Å². The van der Waals surface area contributed by atoms with Crippen molar-refractivity contribution in [1.29, 1.82) is 0 Å². The number of hydrogen-bond acceptors (Lipinski definition) is 4. The third-order valence-corrected chi connectivity index (χ3v) is 14.1. The van der Waals surface area contributed by atoms with Crippen molar-refractivity contribution < 1.29 is 14.5 Å². The van der Waals surface area contributed by atoms with Gasteiger partial charge in [-0.2, -0.15) is 0 Å². The lowest BCUT2D eigenvalue weighted by atomic mass is 9.47. The van der Waals surface area contributed by atoms with E-state index in [1.54, 1.807) is 5.57 Å². The first-order valence-electron chi connectivity index (χ1n) is 21.4. The Balaban J connectivity index is 1.08. The van der Waals surface area contributed by atoms with Crippen LogP contribution < -0.4 is 0 Å². The van der Waals surface area contributed by atoms with Gasteiger partial charge in [0.05, 0.1) is 0 Å². The average Bonchev–Trinajstić information content (AvgIpc) is 3.43. The summed E-state index contributed by atoms with van der Waals surface area (Å²) < 4.78 is 6.11. The van der Waals surface area contributed by atoms with E-state index in [2.05, 4.69) is 65.0 Å². The molecule has 0 radical (unpaired) electrons. The highest BCUT2D eigenvalue weighted by Crippen LogP contribution is 2.67. The largest absolute Gasteiger partial charge is 0.462 e. The van der Waals surface area contributed by atoms with Gasteiger partial charge in [0.1, 0.15) is 6.10 Å². The van der Waals surface area contributed by atoms with Crippen LogP contribution in [0, 0.1) is 56.5 Å². The zero-order chi connectivity index (χ0) is 36.0. The molecule has 4 aliphatic carbocycles. The Hall–Kier alpha value is -1.91. The Bertz CT molecular complexity index is 1140. The summed E-state index contributed by atoms with van der Waals surface area (Å²) >= 11 is 0. The van der Waals surface area contributed by atoms with Crippen LogP contribution in [0.4, 0.5) is 0 Å². The van der Waals surface area contributed by atoms with Crippen LogP contribution in [0.5, 0.6) is 0 Å². The van der Waals surface area contributed by atoms with E-state index in [0.717, 1.165) is 93.3 Å². The van der Waals surface area contributed by atoms with Gasteiger partial charge in [0, 0.05) is 24.2 Å². The maximum absolute atomic E-state index is 12.8. The number of carbonyl (C=O) groups excluding carboxylic acids is 1. The van der Waals surface area contributed by atoms with Crippen LogP contribution in [0.15, 0.2) is 36.0 Å². The third kappa shape index (κ3) is 11.5. The summed E-state index contributed by atoms with van der Waals surface area (Å²) in [5.41, 5.74) is 2.47. The second-order valence-electron chi connectivity index (χ2n) is 18.0. The number of rotatable bonds is 22. The fourth-order valence-corrected chi connectivity index (χ4v) is 11.2. The topological polar surface area (TPSA) is 69.4 Å². The van der Waals surface area contributed by atoms with Crippen molar-refractivity contribution in [3.05, 3.63) is 46.1 Å². The minimum atomic E-state index is -0.230. The predicted molar refractivity (Wildman–Crippen MR) is 208 cm³/mol. The Kier molecular flexibility index (Phi) is 16.6. The molecule has 0 heterocycles. The summed E-state index contributed by atoms with van der Waals surface area (Å²) in [4.78, 5) is 22.9. The van der Waals surface area contributed by atoms with Crippen molar-refractivity contribution in [2.45, 2.75) is 188 Å². The lowest BCUT2D eigenvalue weighted by molar-refractivity contribution is -0.480. The molecule has 284 valence electrons. The van der Waals surface area contributed by atoms with Crippen molar-refractivity contribution in [2.24, 2.45) is 46.3 Å². The SMILES string of the molecule is CC(C)CCC[C@@H](C)[C@H]1CCC2C3CC=C4CC(OC(=O)CCCCCCCC=CCC=CCCCCC[N+](=O)[O-])CC[C@]4(C)C3CC[C@@]21C. The first kappa shape index (κ1) is 40.9. The van der Waals surface area contributed by atoms with Crippen molar-refractivity contribution >= 4 is 5.97 Å². The van der Waals surface area contributed by atoms with E-state index in [1.165, 1.54) is 77.0 Å². The summed E-state index contributed by atoms with van der Waals surface area (Å²) in [6.07, 6.45) is 38.0. The number of ether oxygens (including phenoxy) is 1. The van der Waals surface area contributed by atoms with Crippen LogP contribution in [0.1, 0.15) is 182 Å². The average molecular weight is 694 g/mol. The molecule has 4 rings (SSSR count). The minimum Gasteiger partial charge on any atom is -0.462 e. The minimum absolute atomic E-state index is 0.0217. The maximum atomic E-state index is 12.8. The van der Waals surface area contributed by atoms with Crippen molar-refractivity contribution in [1.82, 2.24) is 0 Å². The summed E-state index contributed by atoms with van der Waals surface area (Å²) in [6.45, 7) is 12.7. The van der Waals surface area contributed by atoms with Gasteiger partial charge in [0.25, 0.3) is 0 Å². The Labute approximate surface area is 307 Å². The van der Waals surface area contributed by atoms with E-state index in [9.17, 15) is 14.9 Å². The van der Waals surface area contributed by atoms with Crippen LogP contribution >= 0.6 is 0 Å². The summed E-state index contributed by atoms with van der Waals surface area (Å²) in [6, 6.07) is 0. The van der Waals surface area contributed by atoms with Crippen molar-refractivity contribution in [3.8, 4) is 0 Å². The van der Waals surface area contributed by atoms with E-state index >= 15 is 0 Å². The molecule has 3 fully saturated rings. The van der Waals surface area contributed by atoms with E-state index < -0.39 is 0 Å². The second-order valence-corrected chi connectivity index (χ2v) is 18.0. The molecule has 3 saturated carbocycles. The molecule has 0 amide bonds. The lowest BCUT2D eigenvalue weighted by Gasteiger charge is -2.58. The lowest BCUT2D eigenvalue weighted by Crippen LogP contribution is -2.51. The van der Waals surface area contributed by atoms with E-state index in [1.807, 2.05) is 0 Å². The zero-order valence-electron chi connectivity index (χ0n) is 33.0. The van der Waals surface area contributed by atoms with Gasteiger partial charge in [-0.05, 0) is 136 Å². The molecule has 8 atom stereocenters. The molecule has 0 N–H and O–H groups in total. The van der Waals surface area contributed by atoms with E-state index in [4.69, 9.17) is 4.74 Å². The van der Waals surface area contributed by atoms with Gasteiger partial charge in [-0.1, -0.05) is 109 Å². The Morgan fingerprint density at radius 3 is 2.28 bits per heavy atom. The summed E-state index contributed by atoms with van der Waals surface area (Å²) in [5.74, 6) is 5.19. The molecule has 4 unspecified atom stereocenters. The van der Waals surface area contributed by atoms with Crippen molar-refractivity contribution in [3.63, 3.8) is 0 Å². The number of nitro groups is 1. The number of nitrogens with zero attached hydrogens (tertiary/aromatic N) is 1. The normalized spacial score (nSPS) is 31.4. The van der Waals surface area contributed by atoms with Gasteiger partial charge in [-0.25, -0.2) is 0 Å². The van der Waals surface area contributed by atoms with Crippen LogP contribution in [-0.2, 0) is 9.53 Å². The molecule has 0 spiro atoms. The first-order valence-corrected chi connectivity index (χ1v) is 21.4. The van der Waals surface area contributed by atoms with Crippen LogP contribution in [0.25, 0.3) is 0 Å². The number of allylic oxidation sites excluding steroid dienone is 5. The predicted octanol–water partition coefficient (Wildman–Crippen LogP) is 13.0. The first-order chi connectivity index (χ1) is 24.0. The molecule has 0 aromatic carbocycles. The number of esters is 1. The number of unbranched alkanes of at least 4 members (excludes halogenated alkanes) is 8. The number of hydrogen-bond donors (Lipinski definition) is 0. The van der Waals surface area contributed by atoms with Crippen LogP contribution in [0.2, 0.25) is 0 Å². The standard InChI is InChI=1S/C45H75NO4/c1-35(2)22-21-23-36(3)40-27-28-41-39-26-25-37-34-38(29-31-44(37,4)42(39)30-32-45(40,41)5)50-43(47)24-19-17-15-13-11-9-7-6-8-10-12-14-16-18-20-33-46(48)49/h6-7,10,12,25,35-36,38-42H,8-9,11,13-24,26-34H2,1-5H3/t36-,38?,39?,40-,41?,42?,44+,45-/m1/s1. The molecular weight excluding hydrogens is 618 g/mol. The number of fused-ring (bicyclic) bond motifs is 5. The van der Waals surface area contributed by atoms with Gasteiger partial charge in [0.15, 0.2) is 0 Å². The van der Waals surface area contributed by atoms with Crippen LogP contribution in [0.3, 0.4) is 0 Å². The van der Waals surface area contributed by atoms with E-state index in [0.29, 0.717) is 23.7 Å². The molecular formula is C45H75NO4. The molecule has 0 saturated heterocycles. The monoisotopic (exact) mass is 694 g/mol. The van der Waals surface area contributed by atoms with Gasteiger partial charge >= 0.3 is 5.97 Å². The molecule has 5 nitrogen and oxygen atoms in total. The fraction of sp³-hybridized carbons (Fsp3) is 0.844. The van der Waals surface area contributed by atoms with Crippen molar-refractivity contribution in [2.75, 3.05) is 6.54 Å². The molecule has 4 aliphatic rings. The Morgan fingerprint density at radius 2 is 1.56 bits per heavy atom. The molecule has 0 aromatic heterocycles. The highest BCUT2D eigenvalue weighted by molar-refractivity contribution is 5.69. The van der Waals surface area contributed by atoms with Gasteiger partial charge in [-0.15, -0.1) is 0 Å². The smallest absolute Gasteiger partial charge is 0.306 e. The highest BCUT2D eigenvalue weighted by Gasteiger charge is 2.59. The molecule has 0 aromatic rings. The van der Waals surface area contributed by atoms with Crippen LogP contribution in [-0.4, -0.2) is 23.5 Å². The summed E-state index contributed by atoms with van der Waals surface area (Å²) in [7, 11) is 0. The zero-order valence-corrected chi connectivity index (χ0v) is 33.0. The highest BCUT2D eigenvalue weighted by atomic mass is 16.6. The molecule has 0 aliphatic heterocycles. The molecule has 50 heavy (non-hydrogen) atoms. The van der Waals surface area contributed by atoms with E-state index in [-0.39, 0.29) is 23.5 Å². The molecule has 5 heteroatoms. The maximum Gasteiger partial charge on any atom is 0.306 e. The Morgan fingerprint density at radius 1 is 0.860 bits per heavy atom. The number of carbonyl (C=O) groups is 1. The molecule has 0 bridgehead atoms. The van der Waals surface area contributed by atoms with Gasteiger partial charge in [-0.3, -0.25) is 14.9 Å².